The van der Waals surface area contributed by atoms with Gasteiger partial charge in [0.2, 0.25) is 0 Å². The van der Waals surface area contributed by atoms with E-state index < -0.39 is 0 Å². The highest BCUT2D eigenvalue weighted by atomic mass is 19.1. The number of hydrogen-bond acceptors (Lipinski definition) is 4. The molecule has 0 amide bonds. The van der Waals surface area contributed by atoms with Gasteiger partial charge in [-0.05, 0) is 72.7 Å². The van der Waals surface area contributed by atoms with E-state index in [9.17, 15) is 9.18 Å². The molecule has 33 heavy (non-hydrogen) atoms. The lowest BCUT2D eigenvalue weighted by Gasteiger charge is -2.09. The normalized spacial score (nSPS) is 10.3. The third kappa shape index (κ3) is 7.05. The summed E-state index contributed by atoms with van der Waals surface area (Å²) in [5, 5.41) is 8.91. The lowest BCUT2D eigenvalue weighted by atomic mass is 9.99. The number of hydrogen-bond donors (Lipinski definition) is 0. The number of halogens is 1. The average Bonchev–Trinajstić information content (AvgIpc) is 2.86. The Morgan fingerprint density at radius 1 is 0.879 bits per heavy atom. The summed E-state index contributed by atoms with van der Waals surface area (Å²) in [6.07, 6.45) is 4.88. The van der Waals surface area contributed by atoms with Gasteiger partial charge >= 0.3 is 5.97 Å². The first-order valence-corrected chi connectivity index (χ1v) is 10.9. The van der Waals surface area contributed by atoms with Gasteiger partial charge in [0, 0.05) is 11.6 Å². The van der Waals surface area contributed by atoms with E-state index >= 15 is 0 Å². The predicted octanol–water partition coefficient (Wildman–Crippen LogP) is 6.70. The molecule has 0 atom stereocenters. The first-order valence-electron chi connectivity index (χ1n) is 10.9. The minimum atomic E-state index is -0.383. The maximum absolute atomic E-state index is 14.7. The molecule has 0 saturated heterocycles. The van der Waals surface area contributed by atoms with Crippen molar-refractivity contribution in [3.63, 3.8) is 0 Å². The lowest BCUT2D eigenvalue weighted by molar-refractivity contribution is -0.137. The summed E-state index contributed by atoms with van der Waals surface area (Å²) in [6.45, 7) is 4.39. The van der Waals surface area contributed by atoms with Crippen molar-refractivity contribution < 1.29 is 18.7 Å². The number of benzene rings is 3. The zero-order valence-corrected chi connectivity index (χ0v) is 18.4. The quantitative estimate of drug-likeness (QED) is 0.188. The molecule has 0 aliphatic heterocycles. The Bertz CT molecular complexity index is 1120. The number of nitriles is 1. The van der Waals surface area contributed by atoms with E-state index in [1.165, 1.54) is 12.1 Å². The first kappa shape index (κ1) is 23.7. The van der Waals surface area contributed by atoms with Crippen LogP contribution >= 0.6 is 0 Å². The number of esters is 1. The number of ether oxygens (including phenoxy) is 2. The van der Waals surface area contributed by atoms with Crippen LogP contribution in [0.3, 0.4) is 0 Å². The Balaban J connectivity index is 1.47. The molecule has 4 nitrogen and oxygen atoms in total. The van der Waals surface area contributed by atoms with Gasteiger partial charge in [-0.3, -0.25) is 0 Å². The second-order valence-corrected chi connectivity index (χ2v) is 7.54. The first-order chi connectivity index (χ1) is 16.1. The summed E-state index contributed by atoms with van der Waals surface area (Å²) in [7, 11) is 0. The Kier molecular flexibility index (Phi) is 8.79. The smallest absolute Gasteiger partial charge is 0.330 e. The van der Waals surface area contributed by atoms with Gasteiger partial charge in [0.05, 0.1) is 24.8 Å². The van der Waals surface area contributed by atoms with Crippen LogP contribution in [0.25, 0.3) is 22.3 Å². The largest absolute Gasteiger partial charge is 0.494 e. The second kappa shape index (κ2) is 12.2. The molecule has 0 aromatic heterocycles. The van der Waals surface area contributed by atoms with E-state index in [0.29, 0.717) is 24.3 Å². The van der Waals surface area contributed by atoms with Crippen molar-refractivity contribution in [1.29, 1.82) is 5.26 Å². The van der Waals surface area contributed by atoms with Gasteiger partial charge in [-0.15, -0.1) is 0 Å². The molecule has 168 valence electrons. The monoisotopic (exact) mass is 443 g/mol. The molecule has 0 fully saturated rings. The molecule has 0 aliphatic rings. The van der Waals surface area contributed by atoms with Gasteiger partial charge in [-0.1, -0.05) is 43.0 Å². The van der Waals surface area contributed by atoms with Crippen LogP contribution in [0.1, 0.15) is 31.2 Å². The van der Waals surface area contributed by atoms with Gasteiger partial charge in [0.25, 0.3) is 0 Å². The van der Waals surface area contributed by atoms with Crippen LogP contribution in [0.2, 0.25) is 0 Å². The molecule has 0 bridgehead atoms. The SMILES string of the molecule is C=CC(=O)OCCCCCCOc1ccc(-c2ccc(-c3ccc(C#N)cc3)c(F)c2)cc1. The Morgan fingerprint density at radius 3 is 2.15 bits per heavy atom. The molecular weight excluding hydrogens is 417 g/mol. The van der Waals surface area contributed by atoms with Crippen molar-refractivity contribution in [3.05, 3.63) is 90.8 Å². The van der Waals surface area contributed by atoms with Gasteiger partial charge < -0.3 is 9.47 Å². The van der Waals surface area contributed by atoms with Crippen LogP contribution < -0.4 is 4.74 Å². The number of carbonyl (C=O) groups is 1. The van der Waals surface area contributed by atoms with Crippen LogP contribution in [0, 0.1) is 17.1 Å². The van der Waals surface area contributed by atoms with Gasteiger partial charge in [-0.25, -0.2) is 9.18 Å². The van der Waals surface area contributed by atoms with Crippen molar-refractivity contribution in [2.24, 2.45) is 0 Å². The fourth-order valence-corrected chi connectivity index (χ4v) is 3.38. The molecule has 5 heteroatoms. The van der Waals surface area contributed by atoms with Crippen molar-refractivity contribution in [2.45, 2.75) is 25.7 Å². The van der Waals surface area contributed by atoms with E-state index in [0.717, 1.165) is 48.1 Å². The molecule has 0 N–H and O–H groups in total. The maximum atomic E-state index is 14.7. The fourth-order valence-electron chi connectivity index (χ4n) is 3.38. The number of carbonyl (C=O) groups excluding carboxylic acids is 1. The molecule has 0 saturated carbocycles. The third-order valence-corrected chi connectivity index (χ3v) is 5.20. The molecule has 0 spiro atoms. The minimum absolute atomic E-state index is 0.309. The maximum Gasteiger partial charge on any atom is 0.330 e. The Labute approximate surface area is 193 Å². The van der Waals surface area contributed by atoms with Crippen LogP contribution in [-0.2, 0) is 9.53 Å². The van der Waals surface area contributed by atoms with Crippen LogP contribution in [0.15, 0.2) is 79.4 Å². The molecular formula is C28H26FNO3. The van der Waals surface area contributed by atoms with E-state index in [-0.39, 0.29) is 11.8 Å². The van der Waals surface area contributed by atoms with E-state index in [4.69, 9.17) is 14.7 Å². The molecule has 0 aliphatic carbocycles. The fraction of sp³-hybridized carbons (Fsp3) is 0.214. The predicted molar refractivity (Wildman–Crippen MR) is 127 cm³/mol. The highest BCUT2D eigenvalue weighted by Gasteiger charge is 2.08. The van der Waals surface area contributed by atoms with Crippen molar-refractivity contribution >= 4 is 5.97 Å². The number of unbranched alkanes of at least 4 members (excludes halogenated alkanes) is 3. The topological polar surface area (TPSA) is 59.3 Å². The van der Waals surface area contributed by atoms with Crippen LogP contribution in [0.4, 0.5) is 4.39 Å². The summed E-state index contributed by atoms with van der Waals surface area (Å²) in [5.74, 6) is 0.0805. The molecule has 3 aromatic carbocycles. The van der Waals surface area contributed by atoms with Gasteiger partial charge in [0.1, 0.15) is 11.6 Å². The second-order valence-electron chi connectivity index (χ2n) is 7.54. The lowest BCUT2D eigenvalue weighted by Crippen LogP contribution is -2.02. The summed E-state index contributed by atoms with van der Waals surface area (Å²) in [4.78, 5) is 10.9. The van der Waals surface area contributed by atoms with Crippen molar-refractivity contribution in [1.82, 2.24) is 0 Å². The molecule has 0 unspecified atom stereocenters. The Morgan fingerprint density at radius 2 is 1.52 bits per heavy atom. The van der Waals surface area contributed by atoms with Gasteiger partial charge in [0.15, 0.2) is 0 Å². The number of rotatable bonds is 11. The summed E-state index contributed by atoms with van der Waals surface area (Å²) >= 11 is 0. The summed E-state index contributed by atoms with van der Waals surface area (Å²) in [6, 6.07) is 21.7. The standard InChI is InChI=1S/C28H26FNO3/c1-2-28(31)33-18-6-4-3-5-17-32-25-14-11-22(12-15-25)24-13-16-26(27(29)19-24)23-9-7-21(20-30)8-10-23/h2,7-16,19H,1,3-6,17-18H2. The van der Waals surface area contributed by atoms with E-state index in [1.54, 1.807) is 30.3 Å². The number of nitrogens with zero attached hydrogens (tertiary/aromatic N) is 1. The van der Waals surface area contributed by atoms with Crippen LogP contribution in [0.5, 0.6) is 5.75 Å². The highest BCUT2D eigenvalue weighted by molar-refractivity contribution is 5.81. The minimum Gasteiger partial charge on any atom is -0.494 e. The zero-order valence-electron chi connectivity index (χ0n) is 18.4. The molecule has 3 aromatic rings. The van der Waals surface area contributed by atoms with Crippen molar-refractivity contribution in [2.75, 3.05) is 13.2 Å². The molecule has 0 radical (unpaired) electrons. The molecule has 0 heterocycles. The summed E-state index contributed by atoms with van der Waals surface area (Å²) < 4.78 is 25.5. The van der Waals surface area contributed by atoms with E-state index in [2.05, 4.69) is 12.6 Å². The Hall–Kier alpha value is -3.91. The van der Waals surface area contributed by atoms with E-state index in [1.807, 2.05) is 30.3 Å². The van der Waals surface area contributed by atoms with Gasteiger partial charge in [-0.2, -0.15) is 5.26 Å². The summed E-state index contributed by atoms with van der Waals surface area (Å²) in [5.41, 5.74) is 3.47. The zero-order chi connectivity index (χ0) is 23.5. The van der Waals surface area contributed by atoms with Crippen LogP contribution in [-0.4, -0.2) is 19.2 Å². The molecule has 3 rings (SSSR count). The highest BCUT2D eigenvalue weighted by Crippen LogP contribution is 2.29. The average molecular weight is 444 g/mol. The third-order valence-electron chi connectivity index (χ3n) is 5.20. The van der Waals surface area contributed by atoms with Crippen molar-refractivity contribution in [3.8, 4) is 34.1 Å².